The zero-order valence-corrected chi connectivity index (χ0v) is 22.5. The summed E-state index contributed by atoms with van der Waals surface area (Å²) < 4.78 is 10.6. The summed E-state index contributed by atoms with van der Waals surface area (Å²) in [5.74, 6) is -0.136. The van der Waals surface area contributed by atoms with E-state index >= 15 is 0 Å². The fraction of sp³-hybridized carbons (Fsp3) is 0.800. The van der Waals surface area contributed by atoms with Gasteiger partial charge in [0.1, 0.15) is 0 Å². The van der Waals surface area contributed by atoms with E-state index < -0.39 is 0 Å². The molecule has 4 heteroatoms. The molecule has 0 N–H and O–H groups in total. The molecule has 0 radical (unpaired) electrons. The van der Waals surface area contributed by atoms with Crippen molar-refractivity contribution in [2.24, 2.45) is 0 Å². The number of rotatable bonds is 25. The van der Waals surface area contributed by atoms with Crippen molar-refractivity contribution in [2.45, 2.75) is 142 Å². The van der Waals surface area contributed by atoms with E-state index in [1.807, 2.05) is 0 Å². The van der Waals surface area contributed by atoms with Gasteiger partial charge in [0.2, 0.25) is 0 Å². The molecule has 0 saturated carbocycles. The SMILES string of the molecule is CCCCC/C=C/CCCOC(=O)CCCCCCCCC(=O)OCCC/C=C/CCCCC. The third-order valence-corrected chi connectivity index (χ3v) is 5.85. The van der Waals surface area contributed by atoms with Crippen molar-refractivity contribution in [3.05, 3.63) is 24.3 Å². The number of esters is 2. The van der Waals surface area contributed by atoms with E-state index in [9.17, 15) is 9.59 Å². The van der Waals surface area contributed by atoms with E-state index in [2.05, 4.69) is 38.2 Å². The molecule has 198 valence electrons. The highest BCUT2D eigenvalue weighted by Gasteiger charge is 2.04. The maximum Gasteiger partial charge on any atom is 0.305 e. The molecular weight excluding hydrogens is 424 g/mol. The monoisotopic (exact) mass is 478 g/mol. The van der Waals surface area contributed by atoms with E-state index in [0.29, 0.717) is 26.1 Å². The number of ether oxygens (including phenoxy) is 2. The van der Waals surface area contributed by atoms with Gasteiger partial charge >= 0.3 is 11.9 Å². The van der Waals surface area contributed by atoms with Crippen LogP contribution in [-0.4, -0.2) is 25.2 Å². The quantitative estimate of drug-likeness (QED) is 0.0746. The molecule has 0 aliphatic heterocycles. The summed E-state index contributed by atoms with van der Waals surface area (Å²) in [5.41, 5.74) is 0. The Balaban J connectivity index is 3.34. The van der Waals surface area contributed by atoms with Crippen molar-refractivity contribution >= 4 is 11.9 Å². The summed E-state index contributed by atoms with van der Waals surface area (Å²) >= 11 is 0. The van der Waals surface area contributed by atoms with E-state index in [4.69, 9.17) is 9.47 Å². The molecule has 0 heterocycles. The second kappa shape index (κ2) is 27.7. The Morgan fingerprint density at radius 3 is 1.21 bits per heavy atom. The Bertz CT molecular complexity index is 464. The maximum atomic E-state index is 11.8. The Kier molecular flexibility index (Phi) is 26.4. The Morgan fingerprint density at radius 1 is 0.471 bits per heavy atom. The molecule has 0 atom stereocenters. The van der Waals surface area contributed by atoms with Crippen LogP contribution < -0.4 is 0 Å². The van der Waals surface area contributed by atoms with Crippen molar-refractivity contribution in [3.8, 4) is 0 Å². The summed E-state index contributed by atoms with van der Waals surface area (Å²) in [7, 11) is 0. The number of carbonyl (C=O) groups excluding carboxylic acids is 2. The minimum atomic E-state index is -0.0679. The lowest BCUT2D eigenvalue weighted by atomic mass is 10.1. The first kappa shape index (κ1) is 32.4. The van der Waals surface area contributed by atoms with Crippen molar-refractivity contribution in [3.63, 3.8) is 0 Å². The van der Waals surface area contributed by atoms with Gasteiger partial charge in [0.15, 0.2) is 0 Å². The molecule has 0 saturated heterocycles. The van der Waals surface area contributed by atoms with Gasteiger partial charge < -0.3 is 9.47 Å². The summed E-state index contributed by atoms with van der Waals surface area (Å²) in [6.45, 7) is 5.50. The molecular formula is C30H54O4. The van der Waals surface area contributed by atoms with Gasteiger partial charge in [-0.15, -0.1) is 0 Å². The highest BCUT2D eigenvalue weighted by Crippen LogP contribution is 2.10. The van der Waals surface area contributed by atoms with Gasteiger partial charge in [0.05, 0.1) is 13.2 Å². The zero-order chi connectivity index (χ0) is 25.0. The molecule has 0 unspecified atom stereocenters. The summed E-state index contributed by atoms with van der Waals surface area (Å²) in [6, 6.07) is 0. The Hall–Kier alpha value is -1.58. The Morgan fingerprint density at radius 2 is 0.824 bits per heavy atom. The van der Waals surface area contributed by atoms with Gasteiger partial charge in [-0.05, 0) is 64.2 Å². The van der Waals surface area contributed by atoms with Crippen molar-refractivity contribution < 1.29 is 19.1 Å². The largest absolute Gasteiger partial charge is 0.466 e. The topological polar surface area (TPSA) is 52.6 Å². The lowest BCUT2D eigenvalue weighted by Gasteiger charge is -2.05. The van der Waals surface area contributed by atoms with Crippen LogP contribution in [0.3, 0.4) is 0 Å². The van der Waals surface area contributed by atoms with Gasteiger partial charge in [-0.1, -0.05) is 89.5 Å². The van der Waals surface area contributed by atoms with Crippen molar-refractivity contribution in [1.29, 1.82) is 0 Å². The molecule has 0 aromatic heterocycles. The molecule has 0 aromatic carbocycles. The molecule has 0 fully saturated rings. The highest BCUT2D eigenvalue weighted by molar-refractivity contribution is 5.69. The van der Waals surface area contributed by atoms with Crippen LogP contribution in [0.15, 0.2) is 24.3 Å². The van der Waals surface area contributed by atoms with Crippen LogP contribution in [0.2, 0.25) is 0 Å². The minimum absolute atomic E-state index is 0.0679. The van der Waals surface area contributed by atoms with Gasteiger partial charge in [-0.3, -0.25) is 9.59 Å². The predicted molar refractivity (Wildman–Crippen MR) is 144 cm³/mol. The fourth-order valence-corrected chi connectivity index (χ4v) is 3.66. The molecule has 0 aliphatic rings. The van der Waals surface area contributed by atoms with Crippen LogP contribution in [-0.2, 0) is 19.1 Å². The van der Waals surface area contributed by atoms with Crippen LogP contribution in [0.5, 0.6) is 0 Å². The van der Waals surface area contributed by atoms with Gasteiger partial charge in [-0.25, -0.2) is 0 Å². The van der Waals surface area contributed by atoms with Crippen molar-refractivity contribution in [2.75, 3.05) is 13.2 Å². The van der Waals surface area contributed by atoms with E-state index in [0.717, 1.165) is 77.0 Å². The lowest BCUT2D eigenvalue weighted by molar-refractivity contribution is -0.144. The van der Waals surface area contributed by atoms with Gasteiger partial charge in [-0.2, -0.15) is 0 Å². The molecule has 0 bridgehead atoms. The van der Waals surface area contributed by atoms with Crippen LogP contribution in [0.25, 0.3) is 0 Å². The third-order valence-electron chi connectivity index (χ3n) is 5.85. The summed E-state index contributed by atoms with van der Waals surface area (Å²) in [4.78, 5) is 23.5. The first-order chi connectivity index (χ1) is 16.7. The molecule has 34 heavy (non-hydrogen) atoms. The number of hydrogen-bond acceptors (Lipinski definition) is 4. The molecule has 0 rings (SSSR count). The van der Waals surface area contributed by atoms with Crippen molar-refractivity contribution in [1.82, 2.24) is 0 Å². The smallest absolute Gasteiger partial charge is 0.305 e. The number of carbonyl (C=O) groups is 2. The number of hydrogen-bond donors (Lipinski definition) is 0. The normalized spacial score (nSPS) is 11.5. The first-order valence-electron chi connectivity index (χ1n) is 14.3. The average molecular weight is 479 g/mol. The van der Waals surface area contributed by atoms with Crippen LogP contribution >= 0.6 is 0 Å². The summed E-state index contributed by atoms with van der Waals surface area (Å²) in [6.07, 6.45) is 29.8. The molecule has 0 aliphatic carbocycles. The molecule has 4 nitrogen and oxygen atoms in total. The molecule has 0 spiro atoms. The highest BCUT2D eigenvalue weighted by atomic mass is 16.5. The second-order valence-electron chi connectivity index (χ2n) is 9.28. The molecule has 0 amide bonds. The maximum absolute atomic E-state index is 11.8. The average Bonchev–Trinajstić information content (AvgIpc) is 2.83. The standard InChI is InChI=1S/C30H54O4/c1-3-5-7-9-11-15-19-23-27-33-29(31)25-21-17-13-14-18-22-26-30(32)34-28-24-20-16-12-10-8-6-4-2/h11-12,15-16H,3-10,13-14,17-28H2,1-2H3/b15-11+,16-12+. The number of unbranched alkanes of at least 4 members (excludes halogenated alkanes) is 13. The van der Waals surface area contributed by atoms with Crippen LogP contribution in [0, 0.1) is 0 Å². The van der Waals surface area contributed by atoms with Crippen LogP contribution in [0.1, 0.15) is 142 Å². The van der Waals surface area contributed by atoms with Gasteiger partial charge in [0.25, 0.3) is 0 Å². The summed E-state index contributed by atoms with van der Waals surface area (Å²) in [5, 5.41) is 0. The first-order valence-corrected chi connectivity index (χ1v) is 14.3. The fourth-order valence-electron chi connectivity index (χ4n) is 3.66. The van der Waals surface area contributed by atoms with Gasteiger partial charge in [0, 0.05) is 12.8 Å². The van der Waals surface area contributed by atoms with E-state index in [1.165, 1.54) is 38.5 Å². The Labute approximate surface area is 210 Å². The minimum Gasteiger partial charge on any atom is -0.466 e. The zero-order valence-electron chi connectivity index (χ0n) is 22.5. The second-order valence-corrected chi connectivity index (χ2v) is 9.28. The van der Waals surface area contributed by atoms with Crippen LogP contribution in [0.4, 0.5) is 0 Å². The predicted octanol–water partition coefficient (Wildman–Crippen LogP) is 9.03. The molecule has 0 aromatic rings. The third kappa shape index (κ3) is 26.7. The number of allylic oxidation sites excluding steroid dienone is 4. The lowest BCUT2D eigenvalue weighted by Crippen LogP contribution is -2.05. The van der Waals surface area contributed by atoms with E-state index in [-0.39, 0.29) is 11.9 Å². The van der Waals surface area contributed by atoms with E-state index in [1.54, 1.807) is 0 Å².